The van der Waals surface area contributed by atoms with E-state index in [9.17, 15) is 4.79 Å². The average Bonchev–Trinajstić information content (AvgIpc) is 3.34. The van der Waals surface area contributed by atoms with Crippen molar-refractivity contribution in [3.8, 4) is 0 Å². The summed E-state index contributed by atoms with van der Waals surface area (Å²) in [5.74, 6) is 1.21. The lowest BCUT2D eigenvalue weighted by Crippen LogP contribution is -2.52. The van der Waals surface area contributed by atoms with Crippen molar-refractivity contribution < 1.29 is 4.79 Å². The van der Waals surface area contributed by atoms with Crippen LogP contribution in [0.15, 0.2) is 37.1 Å². The lowest BCUT2D eigenvalue weighted by molar-refractivity contribution is -0.132. The third-order valence-electron chi connectivity index (χ3n) is 6.11. The van der Waals surface area contributed by atoms with Crippen molar-refractivity contribution >= 4 is 17.5 Å². The van der Waals surface area contributed by atoms with Gasteiger partial charge in [-0.1, -0.05) is 6.07 Å². The van der Waals surface area contributed by atoms with Gasteiger partial charge in [-0.05, 0) is 49.8 Å². The molecule has 0 unspecified atom stereocenters. The molecule has 8 nitrogen and oxygen atoms in total. The van der Waals surface area contributed by atoms with Crippen LogP contribution in [-0.4, -0.2) is 61.0 Å². The molecule has 2 fully saturated rings. The zero-order chi connectivity index (χ0) is 19.8. The highest BCUT2D eigenvalue weighted by Crippen LogP contribution is 2.32. The summed E-state index contributed by atoms with van der Waals surface area (Å²) in [7, 11) is 0. The lowest BCUT2D eigenvalue weighted by Gasteiger charge is -2.37. The molecule has 0 radical (unpaired) electrons. The Morgan fingerprint density at radius 2 is 2.03 bits per heavy atom. The highest BCUT2D eigenvalue weighted by molar-refractivity contribution is 5.82. The van der Waals surface area contributed by atoms with Crippen LogP contribution >= 0.6 is 0 Å². The molecule has 2 aliphatic heterocycles. The fourth-order valence-corrected chi connectivity index (χ4v) is 4.62. The Balaban J connectivity index is 1.19. The predicted molar refractivity (Wildman–Crippen MR) is 109 cm³/mol. The summed E-state index contributed by atoms with van der Waals surface area (Å²) < 4.78 is 1.80. The molecule has 3 aromatic heterocycles. The number of hydrogen-bond donors (Lipinski definition) is 0. The molecule has 0 bridgehead atoms. The van der Waals surface area contributed by atoms with Crippen molar-refractivity contribution in [1.82, 2.24) is 29.5 Å². The first kappa shape index (κ1) is 18.0. The van der Waals surface area contributed by atoms with Gasteiger partial charge < -0.3 is 9.80 Å². The van der Waals surface area contributed by atoms with Gasteiger partial charge in [-0.2, -0.15) is 5.10 Å². The molecule has 8 heteroatoms. The van der Waals surface area contributed by atoms with Crippen molar-refractivity contribution in [1.29, 1.82) is 0 Å². The van der Waals surface area contributed by atoms with Gasteiger partial charge in [0.1, 0.15) is 6.33 Å². The summed E-state index contributed by atoms with van der Waals surface area (Å²) in [5.41, 5.74) is 3.16. The van der Waals surface area contributed by atoms with Crippen molar-refractivity contribution in [3.63, 3.8) is 0 Å². The minimum absolute atomic E-state index is 0.122. The summed E-state index contributed by atoms with van der Waals surface area (Å²) in [6.45, 7) is 4.37. The number of piperazine rings is 1. The van der Waals surface area contributed by atoms with Gasteiger partial charge in [-0.15, -0.1) is 0 Å². The maximum Gasteiger partial charge on any atom is 0.226 e. The molecule has 2 aliphatic rings. The topological polar surface area (TPSA) is 79.5 Å². The van der Waals surface area contributed by atoms with E-state index in [1.807, 2.05) is 31.6 Å². The molecular formula is C21H25N7O. The highest BCUT2D eigenvalue weighted by Gasteiger charge is 2.42. The van der Waals surface area contributed by atoms with Crippen molar-refractivity contribution in [2.45, 2.75) is 38.6 Å². The molecule has 2 atom stereocenters. The Morgan fingerprint density at radius 3 is 2.90 bits per heavy atom. The van der Waals surface area contributed by atoms with E-state index in [0.29, 0.717) is 5.91 Å². The van der Waals surface area contributed by atoms with Crippen LogP contribution in [0.25, 0.3) is 5.65 Å². The van der Waals surface area contributed by atoms with E-state index in [4.69, 9.17) is 0 Å². The first-order valence-corrected chi connectivity index (χ1v) is 10.3. The molecule has 0 aromatic carbocycles. The van der Waals surface area contributed by atoms with E-state index in [0.717, 1.165) is 62.5 Å². The Hall–Kier alpha value is -3.03. The standard InChI is InChI=1S/C21H25N7O/c1-15-11-22-21(23-12-15)26-8-9-27-18(13-26)10-17(20(27)29)5-2-4-16-6-3-7-28-19(16)24-14-25-28/h3,6-7,11-12,14,17-18H,2,4-5,8-10,13H2,1H3/t17-,18-/m0/s1. The van der Waals surface area contributed by atoms with Gasteiger partial charge in [0.15, 0.2) is 5.65 Å². The Bertz CT molecular complexity index is 1020. The smallest absolute Gasteiger partial charge is 0.226 e. The van der Waals surface area contributed by atoms with Gasteiger partial charge in [0.25, 0.3) is 0 Å². The number of hydrogen-bond acceptors (Lipinski definition) is 6. The Morgan fingerprint density at radius 1 is 1.17 bits per heavy atom. The van der Waals surface area contributed by atoms with Gasteiger partial charge >= 0.3 is 0 Å². The number of carbonyl (C=O) groups excluding carboxylic acids is 1. The second-order valence-electron chi connectivity index (χ2n) is 8.08. The second kappa shape index (κ2) is 7.42. The van der Waals surface area contributed by atoms with E-state index in [2.05, 4.69) is 35.9 Å². The zero-order valence-corrected chi connectivity index (χ0v) is 16.6. The molecule has 5 rings (SSSR count). The quantitative estimate of drug-likeness (QED) is 0.661. The van der Waals surface area contributed by atoms with Crippen LogP contribution in [0.4, 0.5) is 5.95 Å². The summed E-state index contributed by atoms with van der Waals surface area (Å²) in [6.07, 6.45) is 10.9. The van der Waals surface area contributed by atoms with Crippen molar-refractivity contribution in [3.05, 3.63) is 48.2 Å². The van der Waals surface area contributed by atoms with Crippen LogP contribution in [0.5, 0.6) is 0 Å². The van der Waals surface area contributed by atoms with Crippen molar-refractivity contribution in [2.24, 2.45) is 5.92 Å². The van der Waals surface area contributed by atoms with Gasteiger partial charge in [-0.3, -0.25) is 4.79 Å². The lowest BCUT2D eigenvalue weighted by atomic mass is 9.96. The van der Waals surface area contributed by atoms with Crippen LogP contribution < -0.4 is 4.90 Å². The number of aryl methyl sites for hydroxylation is 2. The van der Waals surface area contributed by atoms with Crippen LogP contribution in [0.2, 0.25) is 0 Å². The first-order valence-electron chi connectivity index (χ1n) is 10.3. The molecular weight excluding hydrogens is 366 g/mol. The van der Waals surface area contributed by atoms with E-state index in [1.165, 1.54) is 5.56 Å². The number of nitrogens with zero attached hydrogens (tertiary/aromatic N) is 7. The Labute approximate surface area is 169 Å². The van der Waals surface area contributed by atoms with Crippen molar-refractivity contribution in [2.75, 3.05) is 24.5 Å². The number of rotatable bonds is 5. The summed E-state index contributed by atoms with van der Waals surface area (Å²) in [4.78, 5) is 30.4. The molecule has 0 aliphatic carbocycles. The third-order valence-corrected chi connectivity index (χ3v) is 6.11. The fraction of sp³-hybridized carbons (Fsp3) is 0.476. The number of aromatic nitrogens is 5. The van der Waals surface area contributed by atoms with Gasteiger partial charge in [0.2, 0.25) is 11.9 Å². The van der Waals surface area contributed by atoms with E-state index < -0.39 is 0 Å². The molecule has 150 valence electrons. The largest absolute Gasteiger partial charge is 0.337 e. The second-order valence-corrected chi connectivity index (χ2v) is 8.08. The highest BCUT2D eigenvalue weighted by atomic mass is 16.2. The predicted octanol–water partition coefficient (Wildman–Crippen LogP) is 1.89. The average molecular weight is 391 g/mol. The molecule has 5 heterocycles. The van der Waals surface area contributed by atoms with Crippen LogP contribution in [0.3, 0.4) is 0 Å². The van der Waals surface area contributed by atoms with Gasteiger partial charge in [-0.25, -0.2) is 19.5 Å². The number of carbonyl (C=O) groups is 1. The SMILES string of the molecule is Cc1cnc(N2CCN3C(=O)[C@@H](CCCc4cccn5ncnc45)C[C@H]3C2)nc1. The van der Waals surface area contributed by atoms with Gasteiger partial charge in [0, 0.05) is 44.1 Å². The molecule has 0 saturated carbocycles. The van der Waals surface area contributed by atoms with Crippen LogP contribution in [0, 0.1) is 12.8 Å². The summed E-state index contributed by atoms with van der Waals surface area (Å²) in [6, 6.07) is 4.37. The Kier molecular flexibility index (Phi) is 4.61. The third kappa shape index (κ3) is 3.43. The molecule has 29 heavy (non-hydrogen) atoms. The molecule has 0 spiro atoms. The zero-order valence-electron chi connectivity index (χ0n) is 16.6. The minimum Gasteiger partial charge on any atom is -0.337 e. The molecule has 2 saturated heterocycles. The van der Waals surface area contributed by atoms with E-state index in [1.54, 1.807) is 10.8 Å². The summed E-state index contributed by atoms with van der Waals surface area (Å²) in [5, 5.41) is 4.19. The number of amides is 1. The van der Waals surface area contributed by atoms with Gasteiger partial charge in [0.05, 0.1) is 6.04 Å². The maximum atomic E-state index is 12.9. The van der Waals surface area contributed by atoms with E-state index in [-0.39, 0.29) is 12.0 Å². The normalized spacial score (nSPS) is 21.8. The van der Waals surface area contributed by atoms with Crippen LogP contribution in [0.1, 0.15) is 30.4 Å². The number of pyridine rings is 1. The summed E-state index contributed by atoms with van der Waals surface area (Å²) >= 11 is 0. The minimum atomic E-state index is 0.122. The van der Waals surface area contributed by atoms with E-state index >= 15 is 0 Å². The molecule has 0 N–H and O–H groups in total. The maximum absolute atomic E-state index is 12.9. The number of anilines is 1. The first-order chi connectivity index (χ1) is 14.2. The molecule has 3 aromatic rings. The monoisotopic (exact) mass is 391 g/mol. The number of fused-ring (bicyclic) bond motifs is 2. The molecule has 1 amide bonds. The fourth-order valence-electron chi connectivity index (χ4n) is 4.62. The van der Waals surface area contributed by atoms with Crippen LogP contribution in [-0.2, 0) is 11.2 Å².